The van der Waals surface area contributed by atoms with Crippen LogP contribution < -0.4 is 0 Å². The summed E-state index contributed by atoms with van der Waals surface area (Å²) in [6.07, 6.45) is 3.61. The molecule has 2 aliphatic heterocycles. The number of nitrogens with zero attached hydrogens (tertiary/aromatic N) is 2. The summed E-state index contributed by atoms with van der Waals surface area (Å²) < 4.78 is 13.1. The molecular formula is C14H27FN2. The van der Waals surface area contributed by atoms with Gasteiger partial charge < -0.3 is 9.80 Å². The molecule has 0 aromatic carbocycles. The van der Waals surface area contributed by atoms with E-state index in [-0.39, 0.29) is 0 Å². The second-order valence-electron chi connectivity index (χ2n) is 5.84. The van der Waals surface area contributed by atoms with Gasteiger partial charge in [0, 0.05) is 25.7 Å². The average molecular weight is 242 g/mol. The van der Waals surface area contributed by atoms with Crippen LogP contribution in [0.25, 0.3) is 0 Å². The van der Waals surface area contributed by atoms with Crippen LogP contribution in [0.1, 0.15) is 39.5 Å². The van der Waals surface area contributed by atoms with Crippen LogP contribution in [0.5, 0.6) is 0 Å². The lowest BCUT2D eigenvalue weighted by molar-refractivity contribution is 0.106. The van der Waals surface area contributed by atoms with Crippen LogP contribution in [-0.2, 0) is 0 Å². The molecule has 2 unspecified atom stereocenters. The number of likely N-dealkylation sites (tertiary alicyclic amines) is 2. The second kappa shape index (κ2) is 6.14. The number of halogens is 1. The zero-order valence-electron chi connectivity index (χ0n) is 11.4. The van der Waals surface area contributed by atoms with Gasteiger partial charge in [-0.3, -0.25) is 0 Å². The van der Waals surface area contributed by atoms with Gasteiger partial charge >= 0.3 is 0 Å². The summed E-state index contributed by atoms with van der Waals surface area (Å²) in [5, 5.41) is 0. The molecule has 2 aliphatic rings. The summed E-state index contributed by atoms with van der Waals surface area (Å²) in [7, 11) is 0. The highest BCUT2D eigenvalue weighted by molar-refractivity contribution is 4.81. The van der Waals surface area contributed by atoms with Crippen molar-refractivity contribution in [3.05, 3.63) is 0 Å². The lowest BCUT2D eigenvalue weighted by Crippen LogP contribution is -2.41. The molecule has 2 atom stereocenters. The van der Waals surface area contributed by atoms with Gasteiger partial charge in [-0.25, -0.2) is 4.39 Å². The molecule has 100 valence electrons. The largest absolute Gasteiger partial charge is 0.303 e. The molecule has 0 radical (unpaired) electrons. The summed E-state index contributed by atoms with van der Waals surface area (Å²) in [4.78, 5) is 5.04. The van der Waals surface area contributed by atoms with Crippen molar-refractivity contribution in [2.24, 2.45) is 5.92 Å². The van der Waals surface area contributed by atoms with Crippen LogP contribution in [0.2, 0.25) is 0 Å². The van der Waals surface area contributed by atoms with Crippen molar-refractivity contribution in [1.29, 1.82) is 0 Å². The van der Waals surface area contributed by atoms with E-state index < -0.39 is 6.17 Å². The van der Waals surface area contributed by atoms with Crippen LogP contribution in [0.15, 0.2) is 0 Å². The monoisotopic (exact) mass is 242 g/mol. The molecule has 0 aliphatic carbocycles. The molecule has 17 heavy (non-hydrogen) atoms. The van der Waals surface area contributed by atoms with Gasteiger partial charge in [-0.2, -0.15) is 0 Å². The minimum Gasteiger partial charge on any atom is -0.303 e. The van der Waals surface area contributed by atoms with Crippen molar-refractivity contribution in [1.82, 2.24) is 9.80 Å². The molecule has 2 fully saturated rings. The van der Waals surface area contributed by atoms with E-state index >= 15 is 0 Å². The molecule has 2 nitrogen and oxygen atoms in total. The first-order valence-corrected chi connectivity index (χ1v) is 7.29. The van der Waals surface area contributed by atoms with Crippen LogP contribution in [0, 0.1) is 5.92 Å². The highest BCUT2D eigenvalue weighted by atomic mass is 19.1. The fraction of sp³-hybridized carbons (Fsp3) is 1.00. The molecule has 0 N–H and O–H groups in total. The number of rotatable bonds is 4. The molecular weight excluding hydrogens is 215 g/mol. The Hall–Kier alpha value is -0.150. The number of hydrogen-bond acceptors (Lipinski definition) is 2. The fourth-order valence-electron chi connectivity index (χ4n) is 3.33. The molecule has 2 saturated heterocycles. The van der Waals surface area contributed by atoms with Gasteiger partial charge in [-0.15, -0.1) is 0 Å². The van der Waals surface area contributed by atoms with Crippen molar-refractivity contribution in [3.63, 3.8) is 0 Å². The maximum Gasteiger partial charge on any atom is 0.103 e. The lowest BCUT2D eigenvalue weighted by Gasteiger charge is -2.34. The maximum atomic E-state index is 13.1. The van der Waals surface area contributed by atoms with E-state index in [4.69, 9.17) is 0 Å². The Morgan fingerprint density at radius 3 is 2.47 bits per heavy atom. The van der Waals surface area contributed by atoms with E-state index in [1.165, 1.54) is 32.5 Å². The van der Waals surface area contributed by atoms with Crippen LogP contribution in [0.3, 0.4) is 0 Å². The third-order valence-corrected chi connectivity index (χ3v) is 4.57. The van der Waals surface area contributed by atoms with Gasteiger partial charge in [0.05, 0.1) is 0 Å². The Balaban J connectivity index is 1.72. The van der Waals surface area contributed by atoms with Crippen LogP contribution >= 0.6 is 0 Å². The third kappa shape index (κ3) is 3.65. The zero-order chi connectivity index (χ0) is 12.3. The van der Waals surface area contributed by atoms with Crippen LogP contribution in [0.4, 0.5) is 4.39 Å². The van der Waals surface area contributed by atoms with E-state index in [0.29, 0.717) is 6.04 Å². The Kier molecular flexibility index (Phi) is 4.80. The SMILES string of the molecule is CCN1CCC(CC(C)N2CCC(F)CC2)C1. The molecule has 2 heterocycles. The smallest absolute Gasteiger partial charge is 0.103 e. The van der Waals surface area contributed by atoms with Gasteiger partial charge in [0.15, 0.2) is 0 Å². The van der Waals surface area contributed by atoms with E-state index in [0.717, 1.165) is 31.8 Å². The fourth-order valence-corrected chi connectivity index (χ4v) is 3.33. The Morgan fingerprint density at radius 1 is 1.18 bits per heavy atom. The third-order valence-electron chi connectivity index (χ3n) is 4.57. The Morgan fingerprint density at radius 2 is 1.88 bits per heavy atom. The lowest BCUT2D eigenvalue weighted by atomic mass is 9.97. The summed E-state index contributed by atoms with van der Waals surface area (Å²) >= 11 is 0. The minimum absolute atomic E-state index is 0.541. The van der Waals surface area contributed by atoms with Gasteiger partial charge in [-0.1, -0.05) is 6.92 Å². The van der Waals surface area contributed by atoms with E-state index in [2.05, 4.69) is 23.6 Å². The normalized spacial score (nSPS) is 30.9. The molecule has 0 spiro atoms. The summed E-state index contributed by atoms with van der Waals surface area (Å²) in [5.74, 6) is 0.869. The molecule has 0 saturated carbocycles. The van der Waals surface area contributed by atoms with Gasteiger partial charge in [-0.05, 0) is 51.6 Å². The molecule has 2 rings (SSSR count). The number of alkyl halides is 1. The van der Waals surface area contributed by atoms with E-state index in [9.17, 15) is 4.39 Å². The predicted octanol–water partition coefficient (Wildman–Crippen LogP) is 2.54. The topological polar surface area (TPSA) is 6.48 Å². The molecule has 0 bridgehead atoms. The quantitative estimate of drug-likeness (QED) is 0.747. The summed E-state index contributed by atoms with van der Waals surface area (Å²) in [5.41, 5.74) is 0. The van der Waals surface area contributed by atoms with Crippen molar-refractivity contribution in [2.75, 3.05) is 32.7 Å². The average Bonchev–Trinajstić information content (AvgIpc) is 2.77. The molecule has 3 heteroatoms. The first-order chi connectivity index (χ1) is 8.19. The highest BCUT2D eigenvalue weighted by Gasteiger charge is 2.27. The van der Waals surface area contributed by atoms with E-state index in [1.807, 2.05) is 0 Å². The van der Waals surface area contributed by atoms with Crippen molar-refractivity contribution in [2.45, 2.75) is 51.7 Å². The number of piperidine rings is 1. The first kappa shape index (κ1) is 13.3. The molecule has 0 amide bonds. The molecule has 0 aromatic rings. The minimum atomic E-state index is -0.541. The van der Waals surface area contributed by atoms with Crippen molar-refractivity contribution >= 4 is 0 Å². The van der Waals surface area contributed by atoms with Gasteiger partial charge in [0.2, 0.25) is 0 Å². The molecule has 0 aromatic heterocycles. The van der Waals surface area contributed by atoms with Crippen molar-refractivity contribution < 1.29 is 4.39 Å². The summed E-state index contributed by atoms with van der Waals surface area (Å²) in [6, 6.07) is 0.643. The second-order valence-corrected chi connectivity index (χ2v) is 5.84. The maximum absolute atomic E-state index is 13.1. The zero-order valence-corrected chi connectivity index (χ0v) is 11.4. The Labute approximate surface area is 105 Å². The van der Waals surface area contributed by atoms with Gasteiger partial charge in [0.1, 0.15) is 6.17 Å². The number of hydrogen-bond donors (Lipinski definition) is 0. The summed E-state index contributed by atoms with van der Waals surface area (Å²) in [6.45, 7) is 10.3. The van der Waals surface area contributed by atoms with Crippen molar-refractivity contribution in [3.8, 4) is 0 Å². The van der Waals surface area contributed by atoms with Crippen LogP contribution in [-0.4, -0.2) is 54.7 Å². The Bertz CT molecular complexity index is 226. The highest BCUT2D eigenvalue weighted by Crippen LogP contribution is 2.24. The predicted molar refractivity (Wildman–Crippen MR) is 70.0 cm³/mol. The van der Waals surface area contributed by atoms with E-state index in [1.54, 1.807) is 0 Å². The standard InChI is InChI=1S/C14H27FN2/c1-3-16-7-4-13(11-16)10-12(2)17-8-5-14(15)6-9-17/h12-14H,3-11H2,1-2H3. The first-order valence-electron chi connectivity index (χ1n) is 7.29. The van der Waals surface area contributed by atoms with Gasteiger partial charge in [0.25, 0.3) is 0 Å².